The first kappa shape index (κ1) is 15.9. The Morgan fingerprint density at radius 1 is 1.27 bits per heavy atom. The van der Waals surface area contributed by atoms with Gasteiger partial charge in [-0.15, -0.1) is 0 Å². The molecule has 0 unspecified atom stereocenters. The van der Waals surface area contributed by atoms with Crippen molar-refractivity contribution in [2.45, 2.75) is 50.5 Å². The van der Waals surface area contributed by atoms with Crippen LogP contribution in [0.25, 0.3) is 0 Å². The molecule has 0 radical (unpaired) electrons. The first-order valence-corrected chi connectivity index (χ1v) is 9.59. The lowest BCUT2D eigenvalue weighted by molar-refractivity contribution is 0.0722. The average Bonchev–Trinajstić information content (AvgIpc) is 3.44. The number of hydrogen-bond donors (Lipinski definition) is 1. The van der Waals surface area contributed by atoms with E-state index in [1.165, 1.54) is 6.42 Å². The van der Waals surface area contributed by atoms with E-state index in [4.69, 9.17) is 9.51 Å². The lowest BCUT2D eigenvalue weighted by Gasteiger charge is -2.28. The number of nitrogens with zero attached hydrogens (tertiary/aromatic N) is 4. The molecule has 3 aliphatic rings. The highest BCUT2D eigenvalue weighted by atomic mass is 16.5. The molecule has 1 atom stereocenters. The first-order valence-electron chi connectivity index (χ1n) is 9.59. The number of aromatic nitrogens is 3. The van der Waals surface area contributed by atoms with Crippen LogP contribution in [-0.4, -0.2) is 45.6 Å². The molecule has 1 saturated heterocycles. The maximum atomic E-state index is 12.7. The maximum Gasteiger partial charge on any atom is 0.276 e. The van der Waals surface area contributed by atoms with E-state index in [0.717, 1.165) is 61.6 Å². The van der Waals surface area contributed by atoms with Crippen LogP contribution < -0.4 is 5.32 Å². The van der Waals surface area contributed by atoms with Crippen LogP contribution in [0.4, 0.5) is 0 Å². The molecule has 7 nitrogen and oxygen atoms in total. The lowest BCUT2D eigenvalue weighted by Crippen LogP contribution is -2.37. The fourth-order valence-corrected chi connectivity index (χ4v) is 3.89. The summed E-state index contributed by atoms with van der Waals surface area (Å²) in [6, 6.07) is 1.81. The zero-order valence-electron chi connectivity index (χ0n) is 14.8. The van der Waals surface area contributed by atoms with E-state index in [0.29, 0.717) is 30.6 Å². The normalized spacial score (nSPS) is 22.9. The van der Waals surface area contributed by atoms with Gasteiger partial charge in [-0.3, -0.25) is 4.79 Å². The van der Waals surface area contributed by atoms with Crippen molar-refractivity contribution < 1.29 is 9.32 Å². The van der Waals surface area contributed by atoms with Gasteiger partial charge in [0.25, 0.3) is 5.91 Å². The summed E-state index contributed by atoms with van der Waals surface area (Å²) in [6.07, 6.45) is 7.26. The minimum Gasteiger partial charge on any atom is -0.360 e. The topological polar surface area (TPSA) is 84.2 Å². The first-order chi connectivity index (χ1) is 12.8. The second-order valence-corrected chi connectivity index (χ2v) is 7.61. The van der Waals surface area contributed by atoms with E-state index >= 15 is 0 Å². The van der Waals surface area contributed by atoms with E-state index in [1.54, 1.807) is 0 Å². The molecule has 4 heterocycles. The van der Waals surface area contributed by atoms with E-state index < -0.39 is 0 Å². The highest BCUT2D eigenvalue weighted by molar-refractivity contribution is 5.92. The molecule has 0 aromatic carbocycles. The molecule has 26 heavy (non-hydrogen) atoms. The van der Waals surface area contributed by atoms with Crippen LogP contribution in [0, 0.1) is 0 Å². The summed E-state index contributed by atoms with van der Waals surface area (Å²) in [5, 5.41) is 7.40. The molecule has 2 aliphatic heterocycles. The summed E-state index contributed by atoms with van der Waals surface area (Å²) in [5.41, 5.74) is 2.55. The molecule has 1 amide bonds. The van der Waals surface area contributed by atoms with Gasteiger partial charge in [0.2, 0.25) is 0 Å². The van der Waals surface area contributed by atoms with Gasteiger partial charge in [-0.1, -0.05) is 5.16 Å². The molecule has 1 saturated carbocycles. The lowest BCUT2D eigenvalue weighted by atomic mass is 9.98. The summed E-state index contributed by atoms with van der Waals surface area (Å²) in [7, 11) is 0. The Hall–Kier alpha value is -2.28. The van der Waals surface area contributed by atoms with Crippen LogP contribution >= 0.6 is 0 Å². The molecule has 5 rings (SSSR count). The van der Waals surface area contributed by atoms with Gasteiger partial charge >= 0.3 is 0 Å². The zero-order valence-corrected chi connectivity index (χ0v) is 14.8. The molecule has 2 fully saturated rings. The summed E-state index contributed by atoms with van der Waals surface area (Å²) in [4.78, 5) is 24.0. The summed E-state index contributed by atoms with van der Waals surface area (Å²) >= 11 is 0. The van der Waals surface area contributed by atoms with Crippen molar-refractivity contribution in [2.75, 3.05) is 19.6 Å². The van der Waals surface area contributed by atoms with Crippen LogP contribution in [0.2, 0.25) is 0 Å². The average molecular weight is 353 g/mol. The van der Waals surface area contributed by atoms with Gasteiger partial charge in [0, 0.05) is 55.7 Å². The van der Waals surface area contributed by atoms with Gasteiger partial charge in [0.1, 0.15) is 11.6 Å². The summed E-state index contributed by atoms with van der Waals surface area (Å²) in [6.45, 7) is 3.25. The van der Waals surface area contributed by atoms with E-state index in [9.17, 15) is 4.79 Å². The molecule has 1 N–H and O–H groups in total. The van der Waals surface area contributed by atoms with Crippen LogP contribution in [0.15, 0.2) is 16.8 Å². The zero-order chi connectivity index (χ0) is 17.5. The van der Waals surface area contributed by atoms with E-state index in [-0.39, 0.29) is 5.91 Å². The molecule has 0 spiro atoms. The SMILES string of the molecule is O=C(c1cc(C2CC2)on1)N1CCc2nc([C@@H]3CCCNC3)ncc2C1. The molecule has 7 heteroatoms. The fourth-order valence-electron chi connectivity index (χ4n) is 3.89. The van der Waals surface area contributed by atoms with Gasteiger partial charge in [0.15, 0.2) is 5.69 Å². The number of carbonyl (C=O) groups is 1. The van der Waals surface area contributed by atoms with Crippen LogP contribution in [0.3, 0.4) is 0 Å². The Morgan fingerprint density at radius 3 is 3.00 bits per heavy atom. The van der Waals surface area contributed by atoms with Gasteiger partial charge in [-0.2, -0.15) is 0 Å². The summed E-state index contributed by atoms with van der Waals surface area (Å²) in [5.74, 6) is 2.60. The number of fused-ring (bicyclic) bond motifs is 1. The van der Waals surface area contributed by atoms with Gasteiger partial charge in [-0.25, -0.2) is 9.97 Å². The van der Waals surface area contributed by atoms with Crippen molar-refractivity contribution in [3.8, 4) is 0 Å². The molecule has 2 aromatic heterocycles. The van der Waals surface area contributed by atoms with E-state index in [1.807, 2.05) is 17.2 Å². The third-order valence-corrected chi connectivity index (χ3v) is 5.63. The smallest absolute Gasteiger partial charge is 0.276 e. The molecule has 2 aromatic rings. The minimum absolute atomic E-state index is 0.0631. The molecule has 0 bridgehead atoms. The Labute approximate surface area is 152 Å². The van der Waals surface area contributed by atoms with Crippen LogP contribution in [0.5, 0.6) is 0 Å². The largest absolute Gasteiger partial charge is 0.360 e. The molecule has 136 valence electrons. The molecular formula is C19H23N5O2. The highest BCUT2D eigenvalue weighted by Gasteiger charge is 2.31. The number of rotatable bonds is 3. The van der Waals surface area contributed by atoms with Crippen molar-refractivity contribution >= 4 is 5.91 Å². The van der Waals surface area contributed by atoms with Crippen molar-refractivity contribution in [1.29, 1.82) is 0 Å². The predicted octanol–water partition coefficient (Wildman–Crippen LogP) is 2.01. The number of nitrogens with one attached hydrogen (secondary N) is 1. The number of carbonyl (C=O) groups excluding carboxylic acids is 1. The third kappa shape index (κ3) is 3.00. The van der Waals surface area contributed by atoms with Crippen LogP contribution in [-0.2, 0) is 13.0 Å². The summed E-state index contributed by atoms with van der Waals surface area (Å²) < 4.78 is 5.32. The van der Waals surface area contributed by atoms with Crippen molar-refractivity contribution in [1.82, 2.24) is 25.3 Å². The Morgan fingerprint density at radius 2 is 2.19 bits per heavy atom. The number of piperidine rings is 1. The van der Waals surface area contributed by atoms with Gasteiger partial charge in [0.05, 0.1) is 5.69 Å². The maximum absolute atomic E-state index is 12.7. The second kappa shape index (κ2) is 6.46. The quantitative estimate of drug-likeness (QED) is 0.909. The number of amides is 1. The highest BCUT2D eigenvalue weighted by Crippen LogP contribution is 2.40. The van der Waals surface area contributed by atoms with Crippen molar-refractivity contribution in [3.05, 3.63) is 40.8 Å². The monoisotopic (exact) mass is 353 g/mol. The second-order valence-electron chi connectivity index (χ2n) is 7.61. The van der Waals surface area contributed by atoms with Crippen molar-refractivity contribution in [3.63, 3.8) is 0 Å². The third-order valence-electron chi connectivity index (χ3n) is 5.63. The van der Waals surface area contributed by atoms with Crippen molar-refractivity contribution in [2.24, 2.45) is 0 Å². The van der Waals surface area contributed by atoms with Gasteiger partial charge in [-0.05, 0) is 32.2 Å². The molecular weight excluding hydrogens is 330 g/mol. The predicted molar refractivity (Wildman–Crippen MR) is 93.8 cm³/mol. The van der Waals surface area contributed by atoms with E-state index in [2.05, 4.69) is 15.5 Å². The van der Waals surface area contributed by atoms with Crippen LogP contribution in [0.1, 0.15) is 70.8 Å². The Bertz CT molecular complexity index is 823. The standard InChI is InChI=1S/C19H23N5O2/c25-19(16-8-17(26-23-16)12-3-4-12)24-7-5-15-14(11-24)10-21-18(22-15)13-2-1-6-20-9-13/h8,10,12-13,20H,1-7,9,11H2/t13-/m1/s1. The fraction of sp³-hybridized carbons (Fsp3) is 0.579. The van der Waals surface area contributed by atoms with Gasteiger partial charge < -0.3 is 14.7 Å². The Kier molecular flexibility index (Phi) is 3.96. The molecule has 1 aliphatic carbocycles. The Balaban J connectivity index is 1.30. The number of hydrogen-bond acceptors (Lipinski definition) is 6. The minimum atomic E-state index is -0.0631.